The first-order chi connectivity index (χ1) is 14.3. The highest BCUT2D eigenvalue weighted by Crippen LogP contribution is 2.35. The lowest BCUT2D eigenvalue weighted by atomic mass is 10.0. The third-order valence-electron chi connectivity index (χ3n) is 5.50. The number of hydrogen-bond donors (Lipinski definition) is 1. The van der Waals surface area contributed by atoms with Crippen LogP contribution in [-0.4, -0.2) is 35.9 Å². The Bertz CT molecular complexity index is 849. The van der Waals surface area contributed by atoms with E-state index in [-0.39, 0.29) is 5.92 Å². The zero-order valence-electron chi connectivity index (χ0n) is 17.5. The van der Waals surface area contributed by atoms with E-state index in [1.807, 2.05) is 0 Å². The molecule has 4 rings (SSSR count). The highest BCUT2D eigenvalue weighted by molar-refractivity contribution is 5.73. The predicted molar refractivity (Wildman–Crippen MR) is 111 cm³/mol. The average Bonchev–Trinajstić information content (AvgIpc) is 3.38. The minimum Gasteiger partial charge on any atom is -0.381 e. The normalized spacial score (nSPS) is 21.8. The third-order valence-corrected chi connectivity index (χ3v) is 5.50. The quantitative estimate of drug-likeness (QED) is 0.648. The van der Waals surface area contributed by atoms with E-state index in [4.69, 9.17) is 9.47 Å². The van der Waals surface area contributed by atoms with E-state index in [1.165, 1.54) is 25.3 Å². The summed E-state index contributed by atoms with van der Waals surface area (Å²) in [6.07, 6.45) is 2.49. The van der Waals surface area contributed by atoms with Gasteiger partial charge in [-0.3, -0.25) is 0 Å². The molecule has 0 unspecified atom stereocenters. The van der Waals surface area contributed by atoms with Gasteiger partial charge in [0.05, 0.1) is 29.7 Å². The molecule has 2 aliphatic heterocycles. The first-order valence-electron chi connectivity index (χ1n) is 10.4. The summed E-state index contributed by atoms with van der Waals surface area (Å²) in [6.45, 7) is 9.88. The van der Waals surface area contributed by atoms with Crippen molar-refractivity contribution in [1.29, 1.82) is 0 Å². The van der Waals surface area contributed by atoms with Gasteiger partial charge in [-0.2, -0.15) is 13.2 Å². The molecular formula is C23H29F3N2O2. The fourth-order valence-electron chi connectivity index (χ4n) is 3.66. The van der Waals surface area contributed by atoms with Crippen molar-refractivity contribution in [3.8, 4) is 11.3 Å². The molecule has 0 bridgehead atoms. The minimum atomic E-state index is -4.38. The average molecular weight is 422 g/mol. The number of nitrogens with zero attached hydrogens (tertiary/aromatic N) is 1. The molecule has 1 N–H and O–H groups in total. The SMILES string of the molecule is C=Cc1[nH]c([C@H]2CCOC2)nc1-c1cc(C(F)(F)F)ccc1C.C[C@@H]1CCCCO1. The molecule has 2 aromatic rings. The lowest BCUT2D eigenvalue weighted by Crippen LogP contribution is -2.14. The summed E-state index contributed by atoms with van der Waals surface area (Å²) in [4.78, 5) is 7.71. The molecule has 164 valence electrons. The number of aryl methyl sites for hydroxylation is 1. The van der Waals surface area contributed by atoms with Gasteiger partial charge in [-0.15, -0.1) is 0 Å². The van der Waals surface area contributed by atoms with Crippen LogP contribution in [0.25, 0.3) is 17.3 Å². The molecule has 4 nitrogen and oxygen atoms in total. The summed E-state index contributed by atoms with van der Waals surface area (Å²) in [6, 6.07) is 3.70. The summed E-state index contributed by atoms with van der Waals surface area (Å²) < 4.78 is 49.6. The highest BCUT2D eigenvalue weighted by atomic mass is 19.4. The van der Waals surface area contributed by atoms with Crippen molar-refractivity contribution in [2.45, 2.75) is 57.7 Å². The first kappa shape index (κ1) is 22.6. The molecule has 30 heavy (non-hydrogen) atoms. The number of H-pyrrole nitrogens is 1. The van der Waals surface area contributed by atoms with Crippen molar-refractivity contribution in [3.63, 3.8) is 0 Å². The van der Waals surface area contributed by atoms with Crippen molar-refractivity contribution in [2.24, 2.45) is 0 Å². The van der Waals surface area contributed by atoms with Crippen LogP contribution in [0.1, 0.15) is 61.2 Å². The van der Waals surface area contributed by atoms with E-state index in [0.717, 1.165) is 36.5 Å². The van der Waals surface area contributed by atoms with Gasteiger partial charge >= 0.3 is 6.18 Å². The van der Waals surface area contributed by atoms with Crippen LogP contribution in [0.2, 0.25) is 0 Å². The monoisotopic (exact) mass is 422 g/mol. The molecular weight excluding hydrogens is 393 g/mol. The number of imidazole rings is 1. The van der Waals surface area contributed by atoms with Gasteiger partial charge in [0.25, 0.3) is 0 Å². The highest BCUT2D eigenvalue weighted by Gasteiger charge is 2.31. The Labute approximate surface area is 175 Å². The van der Waals surface area contributed by atoms with Gasteiger partial charge in [-0.25, -0.2) is 4.98 Å². The third kappa shape index (κ3) is 5.52. The number of aromatic amines is 1. The molecule has 0 saturated carbocycles. The number of hydrogen-bond acceptors (Lipinski definition) is 3. The Hall–Kier alpha value is -2.12. The molecule has 0 amide bonds. The molecule has 0 aliphatic carbocycles. The van der Waals surface area contributed by atoms with Gasteiger partial charge in [0.15, 0.2) is 0 Å². The van der Waals surface area contributed by atoms with Crippen molar-refractivity contribution < 1.29 is 22.6 Å². The van der Waals surface area contributed by atoms with E-state index in [2.05, 4.69) is 23.5 Å². The molecule has 2 aliphatic rings. The van der Waals surface area contributed by atoms with Crippen LogP contribution < -0.4 is 0 Å². The van der Waals surface area contributed by atoms with Gasteiger partial charge in [0.2, 0.25) is 0 Å². The Balaban J connectivity index is 0.000000310. The smallest absolute Gasteiger partial charge is 0.381 e. The summed E-state index contributed by atoms with van der Waals surface area (Å²) in [5.41, 5.74) is 1.67. The van der Waals surface area contributed by atoms with E-state index >= 15 is 0 Å². The zero-order chi connectivity index (χ0) is 21.7. The van der Waals surface area contributed by atoms with Gasteiger partial charge < -0.3 is 14.5 Å². The second kappa shape index (κ2) is 9.79. The number of rotatable bonds is 3. The van der Waals surface area contributed by atoms with Crippen molar-refractivity contribution >= 4 is 6.08 Å². The zero-order valence-corrected chi connectivity index (χ0v) is 17.5. The van der Waals surface area contributed by atoms with E-state index in [9.17, 15) is 13.2 Å². The maximum Gasteiger partial charge on any atom is 0.416 e. The fourth-order valence-corrected chi connectivity index (χ4v) is 3.66. The van der Waals surface area contributed by atoms with Gasteiger partial charge in [0.1, 0.15) is 5.82 Å². The summed E-state index contributed by atoms with van der Waals surface area (Å²) in [5.74, 6) is 0.887. The molecule has 1 aromatic heterocycles. The number of nitrogens with one attached hydrogen (secondary N) is 1. The molecule has 3 heterocycles. The number of ether oxygens (including phenoxy) is 2. The molecule has 0 radical (unpaired) electrons. The Morgan fingerprint density at radius 2 is 2.00 bits per heavy atom. The number of aromatic nitrogens is 2. The molecule has 7 heteroatoms. The maximum atomic E-state index is 13.0. The van der Waals surface area contributed by atoms with Crippen molar-refractivity contribution in [2.75, 3.05) is 19.8 Å². The van der Waals surface area contributed by atoms with Crippen LogP contribution in [0.4, 0.5) is 13.2 Å². The van der Waals surface area contributed by atoms with Crippen LogP contribution in [0.5, 0.6) is 0 Å². The maximum absolute atomic E-state index is 13.0. The van der Waals surface area contributed by atoms with Crippen LogP contribution in [0.3, 0.4) is 0 Å². The summed E-state index contributed by atoms with van der Waals surface area (Å²) >= 11 is 0. The Morgan fingerprint density at radius 1 is 1.20 bits per heavy atom. The van der Waals surface area contributed by atoms with E-state index in [0.29, 0.717) is 36.3 Å². The van der Waals surface area contributed by atoms with Gasteiger partial charge in [-0.1, -0.05) is 12.6 Å². The molecule has 2 saturated heterocycles. The lowest BCUT2D eigenvalue weighted by molar-refractivity contribution is -0.137. The topological polar surface area (TPSA) is 47.1 Å². The van der Waals surface area contributed by atoms with Crippen molar-refractivity contribution in [3.05, 3.63) is 47.4 Å². The van der Waals surface area contributed by atoms with Crippen LogP contribution in [0.15, 0.2) is 24.8 Å². The molecule has 1 aromatic carbocycles. The standard InChI is InChI=1S/C17H17F3N2O.C6H12O/c1-3-14-15(22-16(21-14)11-6-7-23-9-11)13-8-12(17(18,19)20)5-4-10(13)2;1-6-4-2-3-5-7-6/h3-5,8,11H,1,6-7,9H2,2H3,(H,21,22);6H,2-5H2,1H3/t11-;6-/m01/s1. The minimum absolute atomic E-state index is 0.147. The molecule has 0 spiro atoms. The first-order valence-corrected chi connectivity index (χ1v) is 10.4. The Morgan fingerprint density at radius 3 is 2.53 bits per heavy atom. The predicted octanol–water partition coefficient (Wildman–Crippen LogP) is 6.13. The van der Waals surface area contributed by atoms with Gasteiger partial charge in [0, 0.05) is 24.7 Å². The largest absolute Gasteiger partial charge is 0.416 e. The van der Waals surface area contributed by atoms with Crippen LogP contribution in [0, 0.1) is 6.92 Å². The number of alkyl halides is 3. The van der Waals surface area contributed by atoms with E-state index < -0.39 is 11.7 Å². The van der Waals surface area contributed by atoms with Gasteiger partial charge in [-0.05, 0) is 63.3 Å². The van der Waals surface area contributed by atoms with Crippen LogP contribution in [-0.2, 0) is 15.7 Å². The summed E-state index contributed by atoms with van der Waals surface area (Å²) in [7, 11) is 0. The summed E-state index contributed by atoms with van der Waals surface area (Å²) in [5, 5.41) is 0. The van der Waals surface area contributed by atoms with Crippen molar-refractivity contribution in [1.82, 2.24) is 9.97 Å². The number of benzene rings is 1. The fraction of sp³-hybridized carbons (Fsp3) is 0.522. The second-order valence-electron chi connectivity index (χ2n) is 7.85. The second-order valence-corrected chi connectivity index (χ2v) is 7.85. The molecule has 2 fully saturated rings. The van der Waals surface area contributed by atoms with Crippen LogP contribution >= 0.6 is 0 Å². The van der Waals surface area contributed by atoms with E-state index in [1.54, 1.807) is 13.0 Å². The number of halogens is 3. The Kier molecular flexibility index (Phi) is 7.36. The lowest BCUT2D eigenvalue weighted by Gasteiger charge is -2.17. The molecule has 2 atom stereocenters.